The molecule has 7 heteroatoms. The molecule has 0 aromatic carbocycles. The van der Waals surface area contributed by atoms with Crippen molar-refractivity contribution in [3.8, 4) is 0 Å². The van der Waals surface area contributed by atoms with Crippen molar-refractivity contribution in [2.45, 2.75) is 12.3 Å². The lowest BCUT2D eigenvalue weighted by atomic mass is 10.0. The number of carbonyl (C=O) groups excluding carboxylic acids is 1. The molecule has 0 spiro atoms. The summed E-state index contributed by atoms with van der Waals surface area (Å²) in [5.41, 5.74) is 0. The molecule has 1 saturated heterocycles. The minimum atomic E-state index is -3.72. The first-order valence-corrected chi connectivity index (χ1v) is 5.74. The van der Waals surface area contributed by atoms with Gasteiger partial charge in [0, 0.05) is 5.92 Å². The van der Waals surface area contributed by atoms with Crippen LogP contribution in [0, 0.1) is 5.92 Å². The van der Waals surface area contributed by atoms with Crippen LogP contribution in [0.25, 0.3) is 0 Å². The normalized spacial score (nSPS) is 27.5. The monoisotopic (exact) mass is 232 g/mol. The van der Waals surface area contributed by atoms with Crippen molar-refractivity contribution in [2.75, 3.05) is 11.5 Å². The second-order valence-electron chi connectivity index (χ2n) is 3.00. The van der Waals surface area contributed by atoms with Crippen LogP contribution in [-0.2, 0) is 14.6 Å². The molecule has 76 valence electrons. The molecular weight excluding hydrogens is 226 g/mol. The number of halogens is 3. The first-order valence-electron chi connectivity index (χ1n) is 3.54. The van der Waals surface area contributed by atoms with Crippen molar-refractivity contribution in [1.29, 1.82) is 0 Å². The van der Waals surface area contributed by atoms with Gasteiger partial charge in [0.05, 0.1) is 11.5 Å². The van der Waals surface area contributed by atoms with Gasteiger partial charge in [-0.1, -0.05) is 0 Å². The molecule has 0 aromatic heterocycles. The Kier molecular flexibility index (Phi) is 2.64. The standard InChI is InChI=1S/C6H7ClF2O3S/c7-5(10)6(8,9)4-1-2-13(11,12)3-4/h4H,1-3H2. The molecular formula is C6H7ClF2O3S. The third-order valence-electron chi connectivity index (χ3n) is 2.01. The Hall–Kier alpha value is -0.230. The molecule has 0 bridgehead atoms. The molecule has 0 aliphatic carbocycles. The third kappa shape index (κ3) is 2.17. The van der Waals surface area contributed by atoms with E-state index in [-0.39, 0.29) is 12.2 Å². The number of alkyl halides is 2. The topological polar surface area (TPSA) is 51.2 Å². The number of rotatable bonds is 2. The lowest BCUT2D eigenvalue weighted by molar-refractivity contribution is -0.140. The fraction of sp³-hybridized carbons (Fsp3) is 0.833. The zero-order valence-corrected chi connectivity index (χ0v) is 8.04. The van der Waals surface area contributed by atoms with Crippen LogP contribution >= 0.6 is 11.6 Å². The number of carbonyl (C=O) groups is 1. The van der Waals surface area contributed by atoms with Gasteiger partial charge in [0.15, 0.2) is 9.84 Å². The highest BCUT2D eigenvalue weighted by Crippen LogP contribution is 2.35. The summed E-state index contributed by atoms with van der Waals surface area (Å²) in [5.74, 6) is -6.12. The van der Waals surface area contributed by atoms with Gasteiger partial charge in [-0.25, -0.2) is 8.42 Å². The van der Waals surface area contributed by atoms with E-state index in [1.165, 1.54) is 0 Å². The van der Waals surface area contributed by atoms with Crippen molar-refractivity contribution in [3.63, 3.8) is 0 Å². The Morgan fingerprint density at radius 3 is 2.31 bits per heavy atom. The summed E-state index contributed by atoms with van der Waals surface area (Å²) in [5, 5.41) is -1.78. The third-order valence-corrected chi connectivity index (χ3v) is 4.03. The average molecular weight is 233 g/mol. The van der Waals surface area contributed by atoms with Crippen molar-refractivity contribution < 1.29 is 22.0 Å². The Morgan fingerprint density at radius 1 is 1.46 bits per heavy atom. The van der Waals surface area contributed by atoms with Crippen molar-refractivity contribution in [3.05, 3.63) is 0 Å². The van der Waals surface area contributed by atoms with Crippen molar-refractivity contribution >= 4 is 26.7 Å². The van der Waals surface area contributed by atoms with Crippen LogP contribution in [0.5, 0.6) is 0 Å². The molecule has 0 radical (unpaired) electrons. The van der Waals surface area contributed by atoms with Crippen molar-refractivity contribution in [1.82, 2.24) is 0 Å². The van der Waals surface area contributed by atoms with Gasteiger partial charge in [-0.05, 0) is 18.0 Å². The molecule has 13 heavy (non-hydrogen) atoms. The molecule has 1 aliphatic rings. The second kappa shape index (κ2) is 3.16. The Bertz CT molecular complexity index is 325. The van der Waals surface area contributed by atoms with E-state index in [4.69, 9.17) is 0 Å². The van der Waals surface area contributed by atoms with E-state index in [1.54, 1.807) is 0 Å². The second-order valence-corrected chi connectivity index (χ2v) is 5.57. The van der Waals surface area contributed by atoms with E-state index in [0.29, 0.717) is 0 Å². The van der Waals surface area contributed by atoms with Gasteiger partial charge in [0.2, 0.25) is 0 Å². The van der Waals surface area contributed by atoms with Crippen molar-refractivity contribution in [2.24, 2.45) is 5.92 Å². The summed E-state index contributed by atoms with van der Waals surface area (Å²) in [6, 6.07) is 0. The van der Waals surface area contributed by atoms with Crippen LogP contribution in [0.1, 0.15) is 6.42 Å². The van der Waals surface area contributed by atoms with Gasteiger partial charge in [0.25, 0.3) is 5.24 Å². The highest BCUT2D eigenvalue weighted by Gasteiger charge is 2.50. The number of hydrogen-bond acceptors (Lipinski definition) is 3. The molecule has 0 amide bonds. The van der Waals surface area contributed by atoms with E-state index in [0.717, 1.165) is 0 Å². The molecule has 1 rings (SSSR count). The first-order chi connectivity index (χ1) is 5.76. The van der Waals surface area contributed by atoms with E-state index < -0.39 is 32.7 Å². The fourth-order valence-corrected chi connectivity index (χ4v) is 3.20. The van der Waals surface area contributed by atoms with Gasteiger partial charge >= 0.3 is 5.92 Å². The zero-order valence-electron chi connectivity index (χ0n) is 6.47. The minimum Gasteiger partial charge on any atom is -0.274 e. The van der Waals surface area contributed by atoms with Gasteiger partial charge in [-0.3, -0.25) is 4.79 Å². The van der Waals surface area contributed by atoms with E-state index in [9.17, 15) is 22.0 Å². The van der Waals surface area contributed by atoms with Gasteiger partial charge in [-0.15, -0.1) is 0 Å². The molecule has 0 N–H and O–H groups in total. The summed E-state index contributed by atoms with van der Waals surface area (Å²) >= 11 is 4.66. The SMILES string of the molecule is O=C(Cl)C(F)(F)C1CCS(=O)(=O)C1. The van der Waals surface area contributed by atoms with Gasteiger partial charge in [0.1, 0.15) is 0 Å². The Morgan fingerprint density at radius 2 is 2.00 bits per heavy atom. The molecule has 1 unspecified atom stereocenters. The summed E-state index contributed by atoms with van der Waals surface area (Å²) in [4.78, 5) is 10.3. The maximum atomic E-state index is 12.8. The molecule has 0 aromatic rings. The molecule has 1 heterocycles. The molecule has 3 nitrogen and oxygen atoms in total. The highest BCUT2D eigenvalue weighted by atomic mass is 35.5. The van der Waals surface area contributed by atoms with E-state index >= 15 is 0 Å². The van der Waals surface area contributed by atoms with Crippen LogP contribution in [-0.4, -0.2) is 31.1 Å². The van der Waals surface area contributed by atoms with E-state index in [2.05, 4.69) is 11.6 Å². The lowest BCUT2D eigenvalue weighted by Gasteiger charge is -2.16. The van der Waals surface area contributed by atoms with Crippen LogP contribution in [0.4, 0.5) is 8.78 Å². The number of hydrogen-bond donors (Lipinski definition) is 0. The summed E-state index contributed by atoms with van der Waals surface area (Å²) in [7, 11) is -3.40. The Balaban J connectivity index is 2.82. The molecule has 1 atom stereocenters. The fourth-order valence-electron chi connectivity index (χ4n) is 1.24. The highest BCUT2D eigenvalue weighted by molar-refractivity contribution is 7.91. The summed E-state index contributed by atoms with van der Waals surface area (Å²) in [6.07, 6.45) is -0.201. The van der Waals surface area contributed by atoms with E-state index in [1.807, 2.05) is 0 Å². The van der Waals surface area contributed by atoms with Crippen LogP contribution < -0.4 is 0 Å². The molecule has 1 aliphatic heterocycles. The van der Waals surface area contributed by atoms with Crippen LogP contribution in [0.2, 0.25) is 0 Å². The maximum Gasteiger partial charge on any atom is 0.323 e. The molecule has 0 saturated carbocycles. The Labute approximate surface area is 79.0 Å². The lowest BCUT2D eigenvalue weighted by Crippen LogP contribution is -2.35. The van der Waals surface area contributed by atoms with Gasteiger partial charge < -0.3 is 0 Å². The summed E-state index contributed by atoms with van der Waals surface area (Å²) in [6.45, 7) is 0. The first kappa shape index (κ1) is 10.8. The van der Waals surface area contributed by atoms with Crippen LogP contribution in [0.3, 0.4) is 0 Å². The van der Waals surface area contributed by atoms with Crippen LogP contribution in [0.15, 0.2) is 0 Å². The quantitative estimate of drug-likeness (QED) is 0.663. The largest absolute Gasteiger partial charge is 0.323 e. The predicted octanol–water partition coefficient (Wildman–Crippen LogP) is 0.822. The molecule has 1 fully saturated rings. The van der Waals surface area contributed by atoms with Gasteiger partial charge in [-0.2, -0.15) is 8.78 Å². The smallest absolute Gasteiger partial charge is 0.274 e. The summed E-state index contributed by atoms with van der Waals surface area (Å²) < 4.78 is 47.3. The average Bonchev–Trinajstić information content (AvgIpc) is 2.30. The zero-order chi connectivity index (χ0) is 10.3. The predicted molar refractivity (Wildman–Crippen MR) is 42.6 cm³/mol. The minimum absolute atomic E-state index is 0.201. The maximum absolute atomic E-state index is 12.8. The number of sulfone groups is 1.